The highest BCUT2D eigenvalue weighted by atomic mass is 16.5. The first kappa shape index (κ1) is 12.5. The van der Waals surface area contributed by atoms with Gasteiger partial charge >= 0.3 is 0 Å². The van der Waals surface area contributed by atoms with Crippen LogP contribution in [0.25, 0.3) is 17.2 Å². The van der Waals surface area contributed by atoms with Crippen LogP contribution < -0.4 is 0 Å². The first-order valence-electron chi connectivity index (χ1n) is 7.09. The quantitative estimate of drug-likeness (QED) is 0.723. The Kier molecular flexibility index (Phi) is 2.78. The van der Waals surface area contributed by atoms with Crippen molar-refractivity contribution in [3.63, 3.8) is 0 Å². The van der Waals surface area contributed by atoms with Crippen molar-refractivity contribution in [1.29, 1.82) is 0 Å². The summed E-state index contributed by atoms with van der Waals surface area (Å²) in [4.78, 5) is 9.12. The van der Waals surface area contributed by atoms with E-state index in [9.17, 15) is 0 Å². The third kappa shape index (κ3) is 2.03. The minimum atomic E-state index is 0.240. The molecule has 0 N–H and O–H groups in total. The number of rotatable bonds is 2. The fraction of sp³-hybridized carbons (Fsp3) is 0.400. The Morgan fingerprint density at radius 1 is 1.29 bits per heavy atom. The van der Waals surface area contributed by atoms with Crippen molar-refractivity contribution in [3.8, 4) is 11.6 Å². The van der Waals surface area contributed by atoms with Crippen LogP contribution in [0.15, 0.2) is 22.9 Å². The number of pyridine rings is 1. The van der Waals surface area contributed by atoms with Gasteiger partial charge in [0.2, 0.25) is 0 Å². The number of hydrogen-bond acceptors (Lipinski definition) is 5. The van der Waals surface area contributed by atoms with E-state index in [2.05, 4.69) is 22.0 Å². The topological polar surface area (TPSA) is 65.5 Å². The molecule has 3 aromatic rings. The van der Waals surface area contributed by atoms with Crippen LogP contribution in [0.2, 0.25) is 0 Å². The van der Waals surface area contributed by atoms with E-state index in [1.807, 2.05) is 29.7 Å². The van der Waals surface area contributed by atoms with Crippen molar-refractivity contribution >= 4 is 5.65 Å². The van der Waals surface area contributed by atoms with Gasteiger partial charge in [-0.3, -0.25) is 4.40 Å². The second-order valence-corrected chi connectivity index (χ2v) is 5.50. The minimum absolute atomic E-state index is 0.240. The molecule has 108 valence electrons. The maximum Gasteiger partial charge on any atom is 0.276 e. The molecule has 0 bridgehead atoms. The Labute approximate surface area is 121 Å². The number of hydrogen-bond donors (Lipinski definition) is 0. The molecule has 0 amide bonds. The molecule has 4 rings (SSSR count). The van der Waals surface area contributed by atoms with Crippen molar-refractivity contribution in [2.24, 2.45) is 0 Å². The van der Waals surface area contributed by atoms with Gasteiger partial charge in [-0.1, -0.05) is 5.16 Å². The van der Waals surface area contributed by atoms with E-state index in [1.165, 1.54) is 5.56 Å². The van der Waals surface area contributed by atoms with Crippen LogP contribution in [-0.2, 0) is 4.74 Å². The molecule has 21 heavy (non-hydrogen) atoms. The van der Waals surface area contributed by atoms with E-state index in [0.29, 0.717) is 12.5 Å². The Bertz CT molecular complexity index is 799. The lowest BCUT2D eigenvalue weighted by Crippen LogP contribution is -1.99. The van der Waals surface area contributed by atoms with Crippen LogP contribution in [0.3, 0.4) is 0 Å². The third-order valence-electron chi connectivity index (χ3n) is 3.90. The largest absolute Gasteiger partial charge is 0.381 e. The van der Waals surface area contributed by atoms with Crippen LogP contribution in [-0.4, -0.2) is 32.7 Å². The van der Waals surface area contributed by atoms with Gasteiger partial charge < -0.3 is 9.26 Å². The summed E-state index contributed by atoms with van der Waals surface area (Å²) in [6.45, 7) is 5.45. The molecule has 0 aromatic carbocycles. The molecule has 1 aliphatic rings. The zero-order valence-electron chi connectivity index (χ0n) is 12.0. The summed E-state index contributed by atoms with van der Waals surface area (Å²) in [5.74, 6) is 1.49. The molecular formula is C15H16N4O2. The summed E-state index contributed by atoms with van der Waals surface area (Å²) in [7, 11) is 0. The molecule has 1 saturated heterocycles. The fourth-order valence-electron chi connectivity index (χ4n) is 2.76. The molecule has 0 radical (unpaired) electrons. The maximum atomic E-state index is 5.46. The molecule has 1 atom stereocenters. The fourth-order valence-corrected chi connectivity index (χ4v) is 2.76. The highest BCUT2D eigenvalue weighted by Crippen LogP contribution is 2.28. The summed E-state index contributed by atoms with van der Waals surface area (Å²) in [6.07, 6.45) is 2.94. The number of ether oxygens (including phenoxy) is 1. The van der Waals surface area contributed by atoms with Gasteiger partial charge in [0.1, 0.15) is 11.3 Å². The summed E-state index contributed by atoms with van der Waals surface area (Å²) >= 11 is 0. The maximum absolute atomic E-state index is 5.46. The molecule has 1 fully saturated rings. The molecule has 0 saturated carbocycles. The van der Waals surface area contributed by atoms with Crippen LogP contribution in [0, 0.1) is 13.8 Å². The lowest BCUT2D eigenvalue weighted by Gasteiger charge is -1.99. The van der Waals surface area contributed by atoms with Crippen molar-refractivity contribution in [1.82, 2.24) is 19.5 Å². The van der Waals surface area contributed by atoms with Gasteiger partial charge in [-0.05, 0) is 38.0 Å². The first-order valence-corrected chi connectivity index (χ1v) is 7.09. The minimum Gasteiger partial charge on any atom is -0.381 e. The standard InChI is InChI=1S/C15H16N4O2/c1-9-3-5-19-12(7-9)16-10(2)13(19)15-17-14(18-21-15)11-4-6-20-8-11/h3,5,7,11H,4,6,8H2,1-2H3. The highest BCUT2D eigenvalue weighted by molar-refractivity contribution is 5.60. The van der Waals surface area contributed by atoms with Gasteiger partial charge in [-0.2, -0.15) is 4.98 Å². The smallest absolute Gasteiger partial charge is 0.276 e. The second kappa shape index (κ2) is 4.66. The van der Waals surface area contributed by atoms with Crippen LogP contribution in [0.5, 0.6) is 0 Å². The third-order valence-corrected chi connectivity index (χ3v) is 3.90. The summed E-state index contributed by atoms with van der Waals surface area (Å²) in [6, 6.07) is 4.08. The van der Waals surface area contributed by atoms with Crippen molar-refractivity contribution in [2.75, 3.05) is 13.2 Å². The average molecular weight is 284 g/mol. The SMILES string of the molecule is Cc1ccn2c(-c3nc(C4CCOC4)no3)c(C)nc2c1. The molecule has 0 aliphatic carbocycles. The van der Waals surface area contributed by atoms with E-state index in [-0.39, 0.29) is 5.92 Å². The Morgan fingerprint density at radius 3 is 3.00 bits per heavy atom. The summed E-state index contributed by atoms with van der Waals surface area (Å²) in [5, 5.41) is 4.11. The van der Waals surface area contributed by atoms with E-state index < -0.39 is 0 Å². The van der Waals surface area contributed by atoms with E-state index in [0.717, 1.165) is 35.9 Å². The number of nitrogens with zero attached hydrogens (tertiary/aromatic N) is 4. The lowest BCUT2D eigenvalue weighted by molar-refractivity contribution is 0.192. The predicted molar refractivity (Wildman–Crippen MR) is 76.1 cm³/mol. The molecule has 0 spiro atoms. The number of aromatic nitrogens is 4. The van der Waals surface area contributed by atoms with Crippen molar-refractivity contribution in [2.45, 2.75) is 26.2 Å². The Balaban J connectivity index is 1.81. The van der Waals surface area contributed by atoms with Crippen LogP contribution in [0.1, 0.15) is 29.4 Å². The predicted octanol–water partition coefficient (Wildman–Crippen LogP) is 2.51. The molecule has 6 heteroatoms. The summed E-state index contributed by atoms with van der Waals surface area (Å²) < 4.78 is 12.8. The van der Waals surface area contributed by atoms with Gasteiger partial charge in [-0.15, -0.1) is 0 Å². The second-order valence-electron chi connectivity index (χ2n) is 5.50. The normalized spacial score (nSPS) is 18.7. The van der Waals surface area contributed by atoms with Crippen molar-refractivity contribution < 1.29 is 9.26 Å². The molecular weight excluding hydrogens is 268 g/mol. The van der Waals surface area contributed by atoms with E-state index >= 15 is 0 Å². The van der Waals surface area contributed by atoms with Gasteiger partial charge in [0.25, 0.3) is 5.89 Å². The average Bonchev–Trinajstić information content (AvgIpc) is 3.15. The van der Waals surface area contributed by atoms with Gasteiger partial charge in [0, 0.05) is 18.7 Å². The van der Waals surface area contributed by atoms with Crippen LogP contribution in [0.4, 0.5) is 0 Å². The summed E-state index contributed by atoms with van der Waals surface area (Å²) in [5.41, 5.74) is 3.82. The van der Waals surface area contributed by atoms with Crippen LogP contribution >= 0.6 is 0 Å². The van der Waals surface area contributed by atoms with Gasteiger partial charge in [-0.25, -0.2) is 4.98 Å². The molecule has 6 nitrogen and oxygen atoms in total. The van der Waals surface area contributed by atoms with Crippen molar-refractivity contribution in [3.05, 3.63) is 35.4 Å². The molecule has 1 unspecified atom stereocenters. The molecule has 4 heterocycles. The van der Waals surface area contributed by atoms with Gasteiger partial charge in [0.15, 0.2) is 5.82 Å². The number of aryl methyl sites for hydroxylation is 2. The zero-order valence-corrected chi connectivity index (χ0v) is 12.0. The first-order chi connectivity index (χ1) is 10.2. The lowest BCUT2D eigenvalue weighted by atomic mass is 10.1. The number of imidazole rings is 1. The Morgan fingerprint density at radius 2 is 2.19 bits per heavy atom. The zero-order chi connectivity index (χ0) is 14.4. The molecule has 1 aliphatic heterocycles. The monoisotopic (exact) mass is 284 g/mol. The van der Waals surface area contributed by atoms with E-state index in [1.54, 1.807) is 0 Å². The van der Waals surface area contributed by atoms with Gasteiger partial charge in [0.05, 0.1) is 12.3 Å². The molecule has 3 aromatic heterocycles. The Hall–Kier alpha value is -2.21. The number of fused-ring (bicyclic) bond motifs is 1. The highest BCUT2D eigenvalue weighted by Gasteiger charge is 2.25. The van der Waals surface area contributed by atoms with E-state index in [4.69, 9.17) is 9.26 Å².